The molecular formula is C21H29N3O6. The first kappa shape index (κ1) is 23.1. The Kier molecular flexibility index (Phi) is 8.08. The van der Waals surface area contributed by atoms with Crippen LogP contribution in [0.4, 0.5) is 5.82 Å². The molecule has 0 unspecified atom stereocenters. The van der Waals surface area contributed by atoms with E-state index in [9.17, 15) is 9.59 Å². The zero-order valence-corrected chi connectivity index (χ0v) is 18.2. The average Bonchev–Trinajstić information content (AvgIpc) is 3.19. The maximum absolute atomic E-state index is 12.4. The van der Waals surface area contributed by atoms with Gasteiger partial charge in [-0.1, -0.05) is 0 Å². The van der Waals surface area contributed by atoms with Crippen LogP contribution in [0.25, 0.3) is 0 Å². The van der Waals surface area contributed by atoms with Gasteiger partial charge in [0.2, 0.25) is 5.75 Å². The highest BCUT2D eigenvalue weighted by molar-refractivity contribution is 5.94. The molecule has 1 aromatic carbocycles. The van der Waals surface area contributed by atoms with Crippen molar-refractivity contribution in [2.24, 2.45) is 0 Å². The van der Waals surface area contributed by atoms with E-state index in [0.717, 1.165) is 5.56 Å². The topological polar surface area (TPSA) is 101 Å². The summed E-state index contributed by atoms with van der Waals surface area (Å²) in [5.41, 5.74) is 0.819. The van der Waals surface area contributed by atoms with Crippen LogP contribution in [-0.2, 0) is 20.7 Å². The van der Waals surface area contributed by atoms with Crippen molar-refractivity contribution in [2.75, 3.05) is 26.6 Å². The lowest BCUT2D eigenvalue weighted by Crippen LogP contribution is -2.31. The Morgan fingerprint density at radius 1 is 1.07 bits per heavy atom. The lowest BCUT2D eigenvalue weighted by Gasteiger charge is -2.16. The van der Waals surface area contributed by atoms with Gasteiger partial charge in [-0.15, -0.1) is 0 Å². The third kappa shape index (κ3) is 5.65. The molecule has 164 valence electrons. The monoisotopic (exact) mass is 419 g/mol. The largest absolute Gasteiger partial charge is 0.493 e. The molecule has 0 aliphatic carbocycles. The third-order valence-corrected chi connectivity index (χ3v) is 4.43. The predicted molar refractivity (Wildman–Crippen MR) is 111 cm³/mol. The highest BCUT2D eigenvalue weighted by Gasteiger charge is 2.20. The fraction of sp³-hybridized carbons (Fsp3) is 0.476. The van der Waals surface area contributed by atoms with Crippen LogP contribution >= 0.6 is 0 Å². The molecule has 0 aliphatic heterocycles. The van der Waals surface area contributed by atoms with Crippen molar-refractivity contribution in [3.8, 4) is 17.2 Å². The van der Waals surface area contributed by atoms with E-state index in [-0.39, 0.29) is 12.5 Å². The van der Waals surface area contributed by atoms with Crippen LogP contribution in [0.3, 0.4) is 0 Å². The lowest BCUT2D eigenvalue weighted by molar-refractivity contribution is -0.153. The van der Waals surface area contributed by atoms with Gasteiger partial charge in [-0.3, -0.25) is 9.59 Å². The minimum Gasteiger partial charge on any atom is -0.493 e. The number of amides is 1. The summed E-state index contributed by atoms with van der Waals surface area (Å²) < 4.78 is 22.9. The summed E-state index contributed by atoms with van der Waals surface area (Å²) in [6.45, 7) is 5.44. The van der Waals surface area contributed by atoms with Crippen LogP contribution in [0.15, 0.2) is 24.4 Å². The van der Waals surface area contributed by atoms with Crippen molar-refractivity contribution in [1.29, 1.82) is 0 Å². The minimum atomic E-state index is -0.937. The standard InChI is InChI=1S/C21H29N3O6/c1-13(2)24-18(9-10-22-24)23-21(26)14(3)30-19(25)8-7-15-11-16(27-4)20(29-6)17(12-15)28-5/h9-14H,7-8H2,1-6H3,(H,23,26)/t14-/m0/s1. The van der Waals surface area contributed by atoms with Crippen LogP contribution in [0, 0.1) is 0 Å². The number of hydrogen-bond donors (Lipinski definition) is 1. The van der Waals surface area contributed by atoms with Gasteiger partial charge in [-0.2, -0.15) is 5.10 Å². The van der Waals surface area contributed by atoms with Crippen LogP contribution < -0.4 is 19.5 Å². The predicted octanol–water partition coefficient (Wildman–Crippen LogP) is 2.99. The molecule has 0 fully saturated rings. The quantitative estimate of drug-likeness (QED) is 0.591. The molecule has 0 radical (unpaired) electrons. The van der Waals surface area contributed by atoms with E-state index >= 15 is 0 Å². The minimum absolute atomic E-state index is 0.0895. The second kappa shape index (κ2) is 10.5. The Morgan fingerprint density at radius 2 is 1.70 bits per heavy atom. The zero-order valence-electron chi connectivity index (χ0n) is 18.2. The number of esters is 1. The summed E-state index contributed by atoms with van der Waals surface area (Å²) in [6.07, 6.45) is 1.15. The van der Waals surface area contributed by atoms with Gasteiger partial charge in [0.05, 0.1) is 27.5 Å². The van der Waals surface area contributed by atoms with E-state index in [1.165, 1.54) is 28.3 Å². The third-order valence-electron chi connectivity index (χ3n) is 4.43. The first-order chi connectivity index (χ1) is 14.3. The second-order valence-electron chi connectivity index (χ2n) is 6.91. The van der Waals surface area contributed by atoms with Crippen LogP contribution in [-0.4, -0.2) is 49.1 Å². The summed E-state index contributed by atoms with van der Waals surface area (Å²) in [6, 6.07) is 5.33. The highest BCUT2D eigenvalue weighted by Crippen LogP contribution is 2.38. The van der Waals surface area contributed by atoms with Gasteiger partial charge >= 0.3 is 5.97 Å². The number of hydrogen-bond acceptors (Lipinski definition) is 7. The van der Waals surface area contributed by atoms with Crippen LogP contribution in [0.5, 0.6) is 17.2 Å². The maximum Gasteiger partial charge on any atom is 0.306 e. The van der Waals surface area contributed by atoms with E-state index in [1.807, 2.05) is 13.8 Å². The fourth-order valence-corrected chi connectivity index (χ4v) is 2.89. The molecule has 0 spiro atoms. The first-order valence-electron chi connectivity index (χ1n) is 9.63. The Balaban J connectivity index is 1.94. The van der Waals surface area contributed by atoms with Gasteiger partial charge in [0, 0.05) is 18.5 Å². The van der Waals surface area contributed by atoms with E-state index in [0.29, 0.717) is 29.5 Å². The Morgan fingerprint density at radius 3 is 2.23 bits per heavy atom. The number of rotatable bonds is 10. The molecule has 1 N–H and O–H groups in total. The van der Waals surface area contributed by atoms with E-state index < -0.39 is 18.0 Å². The molecule has 1 aromatic heterocycles. The number of nitrogens with one attached hydrogen (secondary N) is 1. The number of anilines is 1. The van der Waals surface area contributed by atoms with Gasteiger partial charge in [0.15, 0.2) is 17.6 Å². The average molecular weight is 419 g/mol. The lowest BCUT2D eigenvalue weighted by atomic mass is 10.1. The smallest absolute Gasteiger partial charge is 0.306 e. The van der Waals surface area contributed by atoms with Gasteiger partial charge in [0.25, 0.3) is 5.91 Å². The van der Waals surface area contributed by atoms with Crippen molar-refractivity contribution < 1.29 is 28.5 Å². The number of nitrogens with zero attached hydrogens (tertiary/aromatic N) is 2. The molecule has 0 bridgehead atoms. The van der Waals surface area contributed by atoms with Gasteiger partial charge in [0.1, 0.15) is 5.82 Å². The number of aryl methyl sites for hydroxylation is 1. The number of aromatic nitrogens is 2. The Labute approximate surface area is 176 Å². The van der Waals surface area contributed by atoms with Crippen molar-refractivity contribution in [2.45, 2.75) is 45.8 Å². The molecule has 0 aliphatic rings. The summed E-state index contributed by atoms with van der Waals surface area (Å²) in [7, 11) is 4.58. The molecule has 0 saturated carbocycles. The van der Waals surface area contributed by atoms with Gasteiger partial charge in [-0.25, -0.2) is 4.68 Å². The molecule has 2 rings (SSSR count). The second-order valence-corrected chi connectivity index (χ2v) is 6.91. The van der Waals surface area contributed by atoms with E-state index in [1.54, 1.807) is 29.1 Å². The molecular weight excluding hydrogens is 390 g/mol. The number of benzene rings is 1. The SMILES string of the molecule is COc1cc(CCC(=O)O[C@@H](C)C(=O)Nc2ccnn2C(C)C)cc(OC)c1OC. The van der Waals surface area contributed by atoms with E-state index in [4.69, 9.17) is 18.9 Å². The van der Waals surface area contributed by atoms with Crippen molar-refractivity contribution >= 4 is 17.7 Å². The molecule has 1 amide bonds. The summed E-state index contributed by atoms with van der Waals surface area (Å²) in [5, 5.41) is 6.89. The van der Waals surface area contributed by atoms with Crippen LogP contribution in [0.1, 0.15) is 38.8 Å². The number of carbonyl (C=O) groups excluding carboxylic acids is 2. The zero-order chi connectivity index (χ0) is 22.3. The molecule has 1 heterocycles. The molecule has 1 atom stereocenters. The van der Waals surface area contributed by atoms with Crippen molar-refractivity contribution in [1.82, 2.24) is 9.78 Å². The summed E-state index contributed by atoms with van der Waals surface area (Å²) >= 11 is 0. The Bertz CT molecular complexity index is 852. The maximum atomic E-state index is 12.4. The molecule has 0 saturated heterocycles. The molecule has 9 nitrogen and oxygen atoms in total. The fourth-order valence-electron chi connectivity index (χ4n) is 2.89. The molecule has 2 aromatic rings. The molecule has 30 heavy (non-hydrogen) atoms. The number of methoxy groups -OCH3 is 3. The van der Waals surface area contributed by atoms with E-state index in [2.05, 4.69) is 10.4 Å². The normalized spacial score (nSPS) is 11.7. The highest BCUT2D eigenvalue weighted by atomic mass is 16.5. The molecule has 9 heteroatoms. The van der Waals surface area contributed by atoms with Gasteiger partial charge in [-0.05, 0) is 44.9 Å². The summed E-state index contributed by atoms with van der Waals surface area (Å²) in [4.78, 5) is 24.6. The van der Waals surface area contributed by atoms with Crippen LogP contribution in [0.2, 0.25) is 0 Å². The Hall–Kier alpha value is -3.23. The number of carbonyl (C=O) groups is 2. The van der Waals surface area contributed by atoms with Crippen molar-refractivity contribution in [3.05, 3.63) is 30.0 Å². The first-order valence-corrected chi connectivity index (χ1v) is 9.63. The number of ether oxygens (including phenoxy) is 4. The van der Waals surface area contributed by atoms with Crippen molar-refractivity contribution in [3.63, 3.8) is 0 Å². The summed E-state index contributed by atoms with van der Waals surface area (Å²) in [5.74, 6) is 1.15. The van der Waals surface area contributed by atoms with Gasteiger partial charge < -0.3 is 24.3 Å².